The number of benzene rings is 1. The van der Waals surface area contributed by atoms with E-state index in [4.69, 9.17) is 0 Å². The Kier molecular flexibility index (Phi) is 4.15. The zero-order valence-corrected chi connectivity index (χ0v) is 10.6. The van der Waals surface area contributed by atoms with Crippen molar-refractivity contribution in [1.82, 2.24) is 10.2 Å². The normalized spacial score (nSPS) is 27.9. The molecule has 3 atom stereocenters. The smallest absolute Gasteiger partial charge is 0.0916 e. The van der Waals surface area contributed by atoms with Crippen LogP contribution < -0.4 is 5.32 Å². The fourth-order valence-corrected chi connectivity index (χ4v) is 2.61. The number of hydrogen-bond donors (Lipinski definition) is 2. The number of hydrogen-bond acceptors (Lipinski definition) is 3. The first-order chi connectivity index (χ1) is 8.15. The molecule has 0 aliphatic carbocycles. The summed E-state index contributed by atoms with van der Waals surface area (Å²) in [5.41, 5.74) is 1.01. The average molecular weight is 234 g/mol. The van der Waals surface area contributed by atoms with Crippen molar-refractivity contribution in [2.24, 2.45) is 0 Å². The van der Waals surface area contributed by atoms with E-state index in [-0.39, 0.29) is 6.10 Å². The zero-order valence-electron chi connectivity index (χ0n) is 10.6. The second-order valence-electron chi connectivity index (χ2n) is 5.11. The highest BCUT2D eigenvalue weighted by atomic mass is 16.3. The lowest BCUT2D eigenvalue weighted by molar-refractivity contribution is 0.0848. The van der Waals surface area contributed by atoms with Crippen molar-refractivity contribution in [3.05, 3.63) is 35.9 Å². The first kappa shape index (κ1) is 12.6. The quantitative estimate of drug-likeness (QED) is 0.830. The number of aliphatic hydroxyl groups excluding tert-OH is 1. The van der Waals surface area contributed by atoms with Gasteiger partial charge in [-0.25, -0.2) is 0 Å². The van der Waals surface area contributed by atoms with Gasteiger partial charge >= 0.3 is 0 Å². The minimum atomic E-state index is -0.381. The minimum absolute atomic E-state index is 0.381. The lowest BCUT2D eigenvalue weighted by Gasteiger charge is -2.37. The molecule has 1 heterocycles. The molecule has 1 saturated heterocycles. The van der Waals surface area contributed by atoms with Gasteiger partial charge in [-0.3, -0.25) is 4.90 Å². The van der Waals surface area contributed by atoms with Crippen LogP contribution in [0.5, 0.6) is 0 Å². The van der Waals surface area contributed by atoms with Gasteiger partial charge in [-0.05, 0) is 19.4 Å². The Morgan fingerprint density at radius 3 is 2.41 bits per heavy atom. The van der Waals surface area contributed by atoms with Gasteiger partial charge in [0.05, 0.1) is 6.10 Å². The van der Waals surface area contributed by atoms with Crippen LogP contribution in [-0.4, -0.2) is 41.7 Å². The van der Waals surface area contributed by atoms with E-state index in [1.165, 1.54) is 0 Å². The van der Waals surface area contributed by atoms with Crippen LogP contribution >= 0.6 is 0 Å². The molecule has 1 aliphatic rings. The van der Waals surface area contributed by atoms with Gasteiger partial charge in [-0.2, -0.15) is 0 Å². The molecule has 94 valence electrons. The maximum absolute atomic E-state index is 10.2. The van der Waals surface area contributed by atoms with Gasteiger partial charge in [0.25, 0.3) is 0 Å². The molecule has 0 saturated carbocycles. The SMILES string of the molecule is CC1CN(CC(O)c2ccccc2)CC(C)N1. The monoisotopic (exact) mass is 234 g/mol. The van der Waals surface area contributed by atoms with Gasteiger partial charge in [-0.15, -0.1) is 0 Å². The standard InChI is InChI=1S/C14H22N2O/c1-11-8-16(9-12(2)15-11)10-14(17)13-6-4-3-5-7-13/h3-7,11-12,14-15,17H,8-10H2,1-2H3. The number of aliphatic hydroxyl groups is 1. The molecule has 0 spiro atoms. The predicted octanol–water partition coefficient (Wildman–Crippen LogP) is 1.40. The fourth-order valence-electron chi connectivity index (χ4n) is 2.61. The van der Waals surface area contributed by atoms with E-state index in [0.29, 0.717) is 12.1 Å². The zero-order chi connectivity index (χ0) is 12.3. The molecule has 0 radical (unpaired) electrons. The highest BCUT2D eigenvalue weighted by molar-refractivity contribution is 5.17. The molecule has 3 nitrogen and oxygen atoms in total. The predicted molar refractivity (Wildman–Crippen MR) is 69.9 cm³/mol. The van der Waals surface area contributed by atoms with Gasteiger partial charge < -0.3 is 10.4 Å². The summed E-state index contributed by atoms with van der Waals surface area (Å²) in [6.07, 6.45) is -0.381. The van der Waals surface area contributed by atoms with Crippen molar-refractivity contribution in [1.29, 1.82) is 0 Å². The first-order valence-electron chi connectivity index (χ1n) is 6.36. The molecule has 3 unspecified atom stereocenters. The number of β-amino-alcohol motifs (C(OH)–C–C–N with tert-alkyl or cyclic N) is 1. The third-order valence-corrected chi connectivity index (χ3v) is 3.25. The summed E-state index contributed by atoms with van der Waals surface area (Å²) >= 11 is 0. The first-order valence-corrected chi connectivity index (χ1v) is 6.36. The Bertz CT molecular complexity index is 331. The largest absolute Gasteiger partial charge is 0.387 e. The average Bonchev–Trinajstić information content (AvgIpc) is 2.28. The topological polar surface area (TPSA) is 35.5 Å². The van der Waals surface area contributed by atoms with Crippen LogP contribution in [0.1, 0.15) is 25.5 Å². The number of rotatable bonds is 3. The van der Waals surface area contributed by atoms with E-state index < -0.39 is 0 Å². The number of piperazine rings is 1. The van der Waals surface area contributed by atoms with Crippen LogP contribution in [0.15, 0.2) is 30.3 Å². The van der Waals surface area contributed by atoms with E-state index in [2.05, 4.69) is 24.1 Å². The highest BCUT2D eigenvalue weighted by Gasteiger charge is 2.22. The Morgan fingerprint density at radius 2 is 1.82 bits per heavy atom. The molecule has 2 N–H and O–H groups in total. The molecule has 3 heteroatoms. The number of nitrogens with one attached hydrogen (secondary N) is 1. The molecule has 0 bridgehead atoms. The summed E-state index contributed by atoms with van der Waals surface area (Å²) in [6, 6.07) is 10.9. The Hall–Kier alpha value is -0.900. The summed E-state index contributed by atoms with van der Waals surface area (Å²) < 4.78 is 0. The highest BCUT2D eigenvalue weighted by Crippen LogP contribution is 2.15. The van der Waals surface area contributed by atoms with Crippen LogP contribution in [0.4, 0.5) is 0 Å². The maximum Gasteiger partial charge on any atom is 0.0916 e. The maximum atomic E-state index is 10.2. The van der Waals surface area contributed by atoms with Crippen LogP contribution in [0, 0.1) is 0 Å². The van der Waals surface area contributed by atoms with Crippen molar-refractivity contribution >= 4 is 0 Å². The van der Waals surface area contributed by atoms with E-state index in [1.54, 1.807) is 0 Å². The molecule has 17 heavy (non-hydrogen) atoms. The molecular formula is C14H22N2O. The molecule has 1 aliphatic heterocycles. The van der Waals surface area contributed by atoms with Gasteiger partial charge in [0.1, 0.15) is 0 Å². The Labute approximate surface area is 103 Å². The van der Waals surface area contributed by atoms with Crippen LogP contribution in [0.3, 0.4) is 0 Å². The Morgan fingerprint density at radius 1 is 1.24 bits per heavy atom. The second-order valence-corrected chi connectivity index (χ2v) is 5.11. The molecule has 1 aromatic rings. The minimum Gasteiger partial charge on any atom is -0.387 e. The van der Waals surface area contributed by atoms with E-state index in [0.717, 1.165) is 25.2 Å². The van der Waals surface area contributed by atoms with Crippen LogP contribution in [0.25, 0.3) is 0 Å². The number of nitrogens with zero attached hydrogens (tertiary/aromatic N) is 1. The summed E-state index contributed by atoms with van der Waals surface area (Å²) in [6.45, 7) is 7.12. The molecule has 0 aromatic heterocycles. The Balaban J connectivity index is 1.92. The van der Waals surface area contributed by atoms with Crippen LogP contribution in [0.2, 0.25) is 0 Å². The summed E-state index contributed by atoms with van der Waals surface area (Å²) in [7, 11) is 0. The van der Waals surface area contributed by atoms with E-state index in [1.807, 2.05) is 30.3 Å². The second kappa shape index (κ2) is 5.63. The third kappa shape index (κ3) is 3.53. The van der Waals surface area contributed by atoms with Crippen molar-refractivity contribution in [2.45, 2.75) is 32.0 Å². The molecular weight excluding hydrogens is 212 g/mol. The summed E-state index contributed by atoms with van der Waals surface area (Å²) in [4.78, 5) is 2.34. The molecule has 1 aromatic carbocycles. The van der Waals surface area contributed by atoms with Gasteiger partial charge in [0.2, 0.25) is 0 Å². The van der Waals surface area contributed by atoms with Crippen LogP contribution in [-0.2, 0) is 0 Å². The summed E-state index contributed by atoms with van der Waals surface area (Å²) in [5.74, 6) is 0. The van der Waals surface area contributed by atoms with Crippen molar-refractivity contribution in [3.63, 3.8) is 0 Å². The van der Waals surface area contributed by atoms with Gasteiger partial charge in [0, 0.05) is 31.7 Å². The lowest BCUT2D eigenvalue weighted by Crippen LogP contribution is -2.54. The molecule has 1 fully saturated rings. The van der Waals surface area contributed by atoms with Crippen molar-refractivity contribution < 1.29 is 5.11 Å². The summed E-state index contributed by atoms with van der Waals surface area (Å²) in [5, 5.41) is 13.7. The fraction of sp³-hybridized carbons (Fsp3) is 0.571. The lowest BCUT2D eigenvalue weighted by atomic mass is 10.1. The van der Waals surface area contributed by atoms with Crippen molar-refractivity contribution in [2.75, 3.05) is 19.6 Å². The molecule has 2 rings (SSSR count). The van der Waals surface area contributed by atoms with Gasteiger partial charge in [-0.1, -0.05) is 30.3 Å². The van der Waals surface area contributed by atoms with E-state index in [9.17, 15) is 5.11 Å². The third-order valence-electron chi connectivity index (χ3n) is 3.25. The van der Waals surface area contributed by atoms with E-state index >= 15 is 0 Å². The molecule has 0 amide bonds. The van der Waals surface area contributed by atoms with Gasteiger partial charge in [0.15, 0.2) is 0 Å². The van der Waals surface area contributed by atoms with Crippen molar-refractivity contribution in [3.8, 4) is 0 Å².